The first kappa shape index (κ1) is 21.8. The van der Waals surface area contributed by atoms with Crippen molar-refractivity contribution in [3.63, 3.8) is 0 Å². The van der Waals surface area contributed by atoms with E-state index < -0.39 is 11.9 Å². The molecule has 0 spiro atoms. The topological polar surface area (TPSA) is 100 Å². The third kappa shape index (κ3) is 4.19. The quantitative estimate of drug-likeness (QED) is 0.520. The Morgan fingerprint density at radius 1 is 1.21 bits per heavy atom. The summed E-state index contributed by atoms with van der Waals surface area (Å²) in [6, 6.07) is 3.19. The highest BCUT2D eigenvalue weighted by atomic mass is 19.1. The van der Waals surface area contributed by atoms with Gasteiger partial charge in [-0.15, -0.1) is 0 Å². The average molecular weight is 453 g/mol. The number of nitrogens with one attached hydrogen (secondary N) is 2. The van der Waals surface area contributed by atoms with Gasteiger partial charge in [0.05, 0.1) is 35.4 Å². The second-order valence-corrected chi connectivity index (χ2v) is 9.33. The van der Waals surface area contributed by atoms with Crippen LogP contribution in [0.25, 0.3) is 22.3 Å². The first-order valence-electron chi connectivity index (χ1n) is 11.7. The van der Waals surface area contributed by atoms with Crippen molar-refractivity contribution in [2.75, 3.05) is 6.61 Å². The Hall–Kier alpha value is -3.00. The molecule has 0 radical (unpaired) electrons. The van der Waals surface area contributed by atoms with E-state index in [0.717, 1.165) is 32.1 Å². The zero-order chi connectivity index (χ0) is 23.1. The number of hydrogen-bond acceptors (Lipinski definition) is 5. The summed E-state index contributed by atoms with van der Waals surface area (Å²) in [6.45, 7) is 4.04. The van der Waals surface area contributed by atoms with E-state index in [1.165, 1.54) is 6.33 Å². The monoisotopic (exact) mass is 452 g/mol. The number of hydrogen-bond donors (Lipinski definition) is 3. The molecule has 33 heavy (non-hydrogen) atoms. The number of aliphatic hydroxyl groups is 1. The van der Waals surface area contributed by atoms with Crippen molar-refractivity contribution >= 4 is 16.9 Å². The smallest absolute Gasteiger partial charge is 0.255 e. The average Bonchev–Trinajstić information content (AvgIpc) is 3.56. The predicted molar refractivity (Wildman–Crippen MR) is 123 cm³/mol. The van der Waals surface area contributed by atoms with Crippen molar-refractivity contribution in [1.82, 2.24) is 20.3 Å². The molecule has 3 aromatic rings. The molecule has 0 unspecified atom stereocenters. The molecular formula is C25H29FN4O3. The lowest BCUT2D eigenvalue weighted by Gasteiger charge is -2.28. The van der Waals surface area contributed by atoms with Crippen LogP contribution in [-0.4, -0.2) is 44.7 Å². The maximum absolute atomic E-state index is 15.4. The SMILES string of the molecule is Cc1ccc(OCC2CC2)c(-c2ncnc3c(C(=O)N[C@@H]4CCCC[C@H]4O)c(C)[nH]c23)c1F. The van der Waals surface area contributed by atoms with Gasteiger partial charge in [0.15, 0.2) is 0 Å². The summed E-state index contributed by atoms with van der Waals surface area (Å²) in [6.07, 6.45) is 6.41. The molecule has 1 amide bonds. The Labute approximate surface area is 191 Å². The molecule has 0 bridgehead atoms. The van der Waals surface area contributed by atoms with Crippen molar-refractivity contribution in [2.24, 2.45) is 5.92 Å². The Morgan fingerprint density at radius 2 is 2.00 bits per heavy atom. The summed E-state index contributed by atoms with van der Waals surface area (Å²) in [5, 5.41) is 13.2. The molecule has 8 heteroatoms. The maximum atomic E-state index is 15.4. The lowest BCUT2D eigenvalue weighted by Crippen LogP contribution is -2.45. The molecule has 1 aromatic carbocycles. The fourth-order valence-corrected chi connectivity index (χ4v) is 4.60. The van der Waals surface area contributed by atoms with Gasteiger partial charge in [0.2, 0.25) is 0 Å². The van der Waals surface area contributed by atoms with Gasteiger partial charge in [-0.25, -0.2) is 14.4 Å². The van der Waals surface area contributed by atoms with Gasteiger partial charge in [0, 0.05) is 5.69 Å². The highest BCUT2D eigenvalue weighted by Crippen LogP contribution is 2.39. The summed E-state index contributed by atoms with van der Waals surface area (Å²) < 4.78 is 21.3. The number of benzene rings is 1. The van der Waals surface area contributed by atoms with Crippen LogP contribution in [0.15, 0.2) is 18.5 Å². The van der Waals surface area contributed by atoms with E-state index in [4.69, 9.17) is 4.74 Å². The molecule has 2 aliphatic carbocycles. The molecule has 2 aromatic heterocycles. The fraction of sp³-hybridized carbons (Fsp3) is 0.480. The highest BCUT2D eigenvalue weighted by molar-refractivity contribution is 6.09. The third-order valence-corrected chi connectivity index (χ3v) is 6.75. The number of halogens is 1. The molecule has 2 aliphatic rings. The van der Waals surface area contributed by atoms with Crippen LogP contribution in [0, 0.1) is 25.6 Å². The van der Waals surface area contributed by atoms with E-state index in [1.54, 1.807) is 26.0 Å². The zero-order valence-electron chi connectivity index (χ0n) is 18.9. The van der Waals surface area contributed by atoms with Crippen LogP contribution in [-0.2, 0) is 0 Å². The minimum Gasteiger partial charge on any atom is -0.492 e. The third-order valence-electron chi connectivity index (χ3n) is 6.75. The van der Waals surface area contributed by atoms with Gasteiger partial charge >= 0.3 is 0 Å². The largest absolute Gasteiger partial charge is 0.492 e. The van der Waals surface area contributed by atoms with Crippen LogP contribution in [0.1, 0.15) is 60.1 Å². The fourth-order valence-electron chi connectivity index (χ4n) is 4.60. The number of amides is 1. The van der Waals surface area contributed by atoms with E-state index in [2.05, 4.69) is 20.3 Å². The highest BCUT2D eigenvalue weighted by Gasteiger charge is 2.29. The summed E-state index contributed by atoms with van der Waals surface area (Å²) in [7, 11) is 0. The van der Waals surface area contributed by atoms with E-state index >= 15 is 4.39 Å². The van der Waals surface area contributed by atoms with E-state index in [-0.39, 0.29) is 17.5 Å². The lowest BCUT2D eigenvalue weighted by atomic mass is 9.92. The number of carbonyl (C=O) groups excluding carboxylic acids is 1. The predicted octanol–water partition coefficient (Wildman–Crippen LogP) is 4.20. The summed E-state index contributed by atoms with van der Waals surface area (Å²) in [4.78, 5) is 25.1. The number of nitrogens with zero attached hydrogens (tertiary/aromatic N) is 2. The minimum absolute atomic E-state index is 0.277. The molecule has 0 saturated heterocycles. The van der Waals surface area contributed by atoms with E-state index in [1.807, 2.05) is 0 Å². The molecule has 174 valence electrons. The van der Waals surface area contributed by atoms with Crippen LogP contribution in [0.3, 0.4) is 0 Å². The molecule has 2 atom stereocenters. The lowest BCUT2D eigenvalue weighted by molar-refractivity contribution is 0.0718. The molecule has 2 heterocycles. The van der Waals surface area contributed by atoms with Gasteiger partial charge in [0.1, 0.15) is 29.1 Å². The molecule has 2 fully saturated rings. The van der Waals surface area contributed by atoms with Crippen LogP contribution in [0.5, 0.6) is 5.75 Å². The number of aryl methyl sites for hydroxylation is 2. The number of carbonyl (C=O) groups is 1. The van der Waals surface area contributed by atoms with Gasteiger partial charge in [-0.3, -0.25) is 4.79 Å². The van der Waals surface area contributed by atoms with Crippen molar-refractivity contribution in [3.8, 4) is 17.0 Å². The minimum atomic E-state index is -0.550. The molecule has 2 saturated carbocycles. The second-order valence-electron chi connectivity index (χ2n) is 9.33. The molecule has 7 nitrogen and oxygen atoms in total. The summed E-state index contributed by atoms with van der Waals surface area (Å²) >= 11 is 0. The molecule has 0 aliphatic heterocycles. The molecule has 3 N–H and O–H groups in total. The van der Waals surface area contributed by atoms with E-state index in [0.29, 0.717) is 58.2 Å². The van der Waals surface area contributed by atoms with Crippen molar-refractivity contribution in [1.29, 1.82) is 0 Å². The van der Waals surface area contributed by atoms with Crippen molar-refractivity contribution < 1.29 is 19.0 Å². The number of ether oxygens (including phenoxy) is 1. The van der Waals surface area contributed by atoms with Crippen molar-refractivity contribution in [2.45, 2.75) is 64.5 Å². The molecular weight excluding hydrogens is 423 g/mol. The zero-order valence-corrected chi connectivity index (χ0v) is 18.9. The van der Waals surface area contributed by atoms with Crippen LogP contribution >= 0.6 is 0 Å². The van der Waals surface area contributed by atoms with Crippen LogP contribution in [0.4, 0.5) is 4.39 Å². The maximum Gasteiger partial charge on any atom is 0.255 e. The van der Waals surface area contributed by atoms with Gasteiger partial charge < -0.3 is 20.1 Å². The van der Waals surface area contributed by atoms with Gasteiger partial charge in [-0.1, -0.05) is 18.9 Å². The van der Waals surface area contributed by atoms with Gasteiger partial charge in [-0.2, -0.15) is 0 Å². The number of aliphatic hydroxyl groups excluding tert-OH is 1. The molecule has 5 rings (SSSR count). The van der Waals surface area contributed by atoms with Gasteiger partial charge in [-0.05, 0) is 57.1 Å². The normalized spacial score (nSPS) is 20.7. The van der Waals surface area contributed by atoms with Crippen LogP contribution < -0.4 is 10.1 Å². The number of fused-ring (bicyclic) bond motifs is 1. The Kier molecular flexibility index (Phi) is 5.78. The first-order chi connectivity index (χ1) is 15.9. The van der Waals surface area contributed by atoms with Crippen molar-refractivity contribution in [3.05, 3.63) is 41.1 Å². The second kappa shape index (κ2) is 8.74. The Bertz CT molecular complexity index is 1200. The number of aromatic nitrogens is 3. The Morgan fingerprint density at radius 3 is 2.76 bits per heavy atom. The van der Waals surface area contributed by atoms with E-state index in [9.17, 15) is 9.90 Å². The number of aromatic amines is 1. The first-order valence-corrected chi connectivity index (χ1v) is 11.7. The number of rotatable bonds is 6. The number of H-pyrrole nitrogens is 1. The van der Waals surface area contributed by atoms with Gasteiger partial charge in [0.25, 0.3) is 5.91 Å². The Balaban J connectivity index is 1.55. The summed E-state index contributed by atoms with van der Waals surface area (Å²) in [5.41, 5.74) is 3.05. The standard InChI is InChI=1S/C25H29FN4O3/c1-13-7-10-18(33-11-15-8-9-15)20(21(13)26)23-24-22(27-12-28-23)19(14(2)29-24)25(32)30-16-5-3-4-6-17(16)31/h7,10,12,15-17,29,31H,3-6,8-9,11H2,1-2H3,(H,30,32)/t16-,17-/m1/s1. The van der Waals surface area contributed by atoms with Crippen LogP contribution in [0.2, 0.25) is 0 Å². The summed E-state index contributed by atoms with van der Waals surface area (Å²) in [5.74, 6) is 0.260.